The van der Waals surface area contributed by atoms with Crippen LogP contribution in [0.1, 0.15) is 45.4 Å². The van der Waals surface area contributed by atoms with Crippen LogP contribution in [0.25, 0.3) is 0 Å². The summed E-state index contributed by atoms with van der Waals surface area (Å²) in [5, 5.41) is 3.63. The summed E-state index contributed by atoms with van der Waals surface area (Å²) < 4.78 is 4.88. The zero-order valence-electron chi connectivity index (χ0n) is 17.1. The molecule has 0 aromatic rings. The lowest BCUT2D eigenvalue weighted by Crippen LogP contribution is -2.57. The number of nitrogens with zero attached hydrogens (tertiary/aromatic N) is 3. The molecule has 2 aliphatic rings. The molecule has 1 aliphatic heterocycles. The van der Waals surface area contributed by atoms with E-state index in [0.29, 0.717) is 0 Å². The minimum Gasteiger partial charge on any atom is -0.469 e. The fourth-order valence-corrected chi connectivity index (χ4v) is 4.43. The molecule has 2 fully saturated rings. The highest BCUT2D eigenvalue weighted by Gasteiger charge is 2.37. The van der Waals surface area contributed by atoms with Crippen molar-refractivity contribution in [3.05, 3.63) is 0 Å². The van der Waals surface area contributed by atoms with Crippen molar-refractivity contribution >= 4 is 35.9 Å². The van der Waals surface area contributed by atoms with Crippen molar-refractivity contribution in [2.75, 3.05) is 47.9 Å². The molecule has 2 atom stereocenters. The highest BCUT2D eigenvalue weighted by molar-refractivity contribution is 14.0. The second-order valence-corrected chi connectivity index (χ2v) is 8.01. The lowest BCUT2D eigenvalue weighted by atomic mass is 9.75. The number of carbonyl (C=O) groups excluding carboxylic acids is 1. The van der Waals surface area contributed by atoms with Gasteiger partial charge in [0.25, 0.3) is 0 Å². The van der Waals surface area contributed by atoms with Gasteiger partial charge in [-0.2, -0.15) is 0 Å². The Morgan fingerprint density at radius 3 is 2.46 bits per heavy atom. The van der Waals surface area contributed by atoms with Crippen LogP contribution in [0, 0.1) is 11.8 Å². The number of piperidine rings is 1. The van der Waals surface area contributed by atoms with E-state index in [-0.39, 0.29) is 41.4 Å². The zero-order chi connectivity index (χ0) is 18.4. The molecular formula is C19H37IN4O2. The number of nitrogens with one attached hydrogen (secondary N) is 1. The number of hydrogen-bond acceptors (Lipinski definition) is 4. The number of likely N-dealkylation sites (N-methyl/N-ethyl adjacent to an activating group) is 1. The van der Waals surface area contributed by atoms with E-state index in [1.165, 1.54) is 32.8 Å². The molecule has 1 saturated heterocycles. The van der Waals surface area contributed by atoms with Gasteiger partial charge in [0.05, 0.1) is 13.0 Å². The molecular weight excluding hydrogens is 443 g/mol. The molecule has 0 bridgehead atoms. The fraction of sp³-hybridized carbons (Fsp3) is 0.895. The Bertz CT molecular complexity index is 478. The van der Waals surface area contributed by atoms with E-state index in [1.54, 1.807) is 0 Å². The summed E-state index contributed by atoms with van der Waals surface area (Å²) in [6.07, 6.45) is 6.77. The Morgan fingerprint density at radius 1 is 1.31 bits per heavy atom. The first kappa shape index (κ1) is 23.5. The van der Waals surface area contributed by atoms with Crippen LogP contribution < -0.4 is 5.32 Å². The van der Waals surface area contributed by atoms with Gasteiger partial charge < -0.3 is 19.9 Å². The van der Waals surface area contributed by atoms with E-state index < -0.39 is 0 Å². The van der Waals surface area contributed by atoms with Crippen molar-refractivity contribution in [3.8, 4) is 0 Å². The largest absolute Gasteiger partial charge is 0.469 e. The van der Waals surface area contributed by atoms with Crippen molar-refractivity contribution in [2.24, 2.45) is 16.8 Å². The highest BCUT2D eigenvalue weighted by Crippen LogP contribution is 2.35. The second kappa shape index (κ2) is 10.7. The van der Waals surface area contributed by atoms with Gasteiger partial charge in [0.2, 0.25) is 0 Å². The van der Waals surface area contributed by atoms with Crippen LogP contribution >= 0.6 is 24.0 Å². The number of esters is 1. The molecule has 0 radical (unpaired) electrons. The smallest absolute Gasteiger partial charge is 0.308 e. The van der Waals surface area contributed by atoms with Crippen LogP contribution in [0.15, 0.2) is 4.99 Å². The first-order valence-corrected chi connectivity index (χ1v) is 9.62. The van der Waals surface area contributed by atoms with Gasteiger partial charge in [-0.15, -0.1) is 24.0 Å². The van der Waals surface area contributed by atoms with Gasteiger partial charge in [-0.1, -0.05) is 19.8 Å². The van der Waals surface area contributed by atoms with Gasteiger partial charge in [0.15, 0.2) is 5.96 Å². The molecule has 6 nitrogen and oxygen atoms in total. The number of ether oxygens (including phenoxy) is 1. The van der Waals surface area contributed by atoms with Gasteiger partial charge in [-0.05, 0) is 45.7 Å². The van der Waals surface area contributed by atoms with E-state index in [4.69, 9.17) is 4.74 Å². The third-order valence-electron chi connectivity index (χ3n) is 6.13. The quantitative estimate of drug-likeness (QED) is 0.290. The molecule has 0 spiro atoms. The Labute approximate surface area is 176 Å². The Kier molecular flexibility index (Phi) is 9.64. The number of methoxy groups -OCH3 is 1. The number of halogens is 1. The lowest BCUT2D eigenvalue weighted by Gasteiger charge is -2.46. The summed E-state index contributed by atoms with van der Waals surface area (Å²) in [6.45, 7) is 4.99. The Balaban J connectivity index is 0.00000338. The molecule has 2 unspecified atom stereocenters. The summed E-state index contributed by atoms with van der Waals surface area (Å²) in [5.74, 6) is 1.69. The second-order valence-electron chi connectivity index (χ2n) is 8.01. The molecule has 0 amide bonds. The molecule has 152 valence electrons. The van der Waals surface area contributed by atoms with Crippen LogP contribution in [0.2, 0.25) is 0 Å². The van der Waals surface area contributed by atoms with Gasteiger partial charge in [0, 0.05) is 32.2 Å². The minimum absolute atomic E-state index is 0. The average Bonchev–Trinajstić information content (AvgIpc) is 2.62. The van der Waals surface area contributed by atoms with Gasteiger partial charge in [0.1, 0.15) is 0 Å². The molecule has 1 N–H and O–H groups in total. The van der Waals surface area contributed by atoms with E-state index >= 15 is 0 Å². The van der Waals surface area contributed by atoms with Crippen molar-refractivity contribution in [1.29, 1.82) is 0 Å². The Morgan fingerprint density at radius 2 is 1.96 bits per heavy atom. The van der Waals surface area contributed by atoms with Crippen LogP contribution in [0.4, 0.5) is 0 Å². The molecule has 0 aromatic carbocycles. The van der Waals surface area contributed by atoms with E-state index in [2.05, 4.69) is 41.1 Å². The predicted octanol–water partition coefficient (Wildman–Crippen LogP) is 2.58. The topological polar surface area (TPSA) is 57.2 Å². The van der Waals surface area contributed by atoms with E-state index in [1.807, 2.05) is 7.05 Å². The lowest BCUT2D eigenvalue weighted by molar-refractivity contribution is -0.146. The van der Waals surface area contributed by atoms with Crippen LogP contribution in [-0.2, 0) is 9.53 Å². The van der Waals surface area contributed by atoms with Crippen molar-refractivity contribution in [1.82, 2.24) is 15.1 Å². The number of hydrogen-bond donors (Lipinski definition) is 1. The molecule has 1 aliphatic carbocycles. The minimum atomic E-state index is -0.0784. The van der Waals surface area contributed by atoms with Crippen LogP contribution in [0.3, 0.4) is 0 Å². The molecule has 26 heavy (non-hydrogen) atoms. The van der Waals surface area contributed by atoms with Gasteiger partial charge >= 0.3 is 5.97 Å². The zero-order valence-corrected chi connectivity index (χ0v) is 19.4. The van der Waals surface area contributed by atoms with Crippen molar-refractivity contribution < 1.29 is 9.53 Å². The summed E-state index contributed by atoms with van der Waals surface area (Å²) >= 11 is 0. The van der Waals surface area contributed by atoms with Crippen molar-refractivity contribution in [2.45, 2.75) is 51.0 Å². The summed E-state index contributed by atoms with van der Waals surface area (Å²) in [5.41, 5.74) is 0.206. The predicted molar refractivity (Wildman–Crippen MR) is 117 cm³/mol. The molecule has 1 saturated carbocycles. The maximum atomic E-state index is 11.7. The summed E-state index contributed by atoms with van der Waals surface area (Å²) in [4.78, 5) is 20.9. The van der Waals surface area contributed by atoms with Crippen LogP contribution in [0.5, 0.6) is 0 Å². The maximum Gasteiger partial charge on any atom is 0.308 e. The number of carbonyl (C=O) groups is 1. The van der Waals surface area contributed by atoms with Crippen LogP contribution in [-0.4, -0.2) is 75.2 Å². The Hall–Kier alpha value is -0.570. The maximum absolute atomic E-state index is 11.7. The molecule has 2 rings (SSSR count). The molecule has 1 heterocycles. The average molecular weight is 480 g/mol. The molecule has 7 heteroatoms. The van der Waals surface area contributed by atoms with Gasteiger partial charge in [-0.25, -0.2) is 0 Å². The number of rotatable bonds is 4. The number of likely N-dealkylation sites (tertiary alicyclic amines) is 1. The third kappa shape index (κ3) is 5.71. The van der Waals surface area contributed by atoms with E-state index in [9.17, 15) is 4.79 Å². The van der Waals surface area contributed by atoms with E-state index in [0.717, 1.165) is 44.4 Å². The first-order chi connectivity index (χ1) is 11.9. The first-order valence-electron chi connectivity index (χ1n) is 9.62. The highest BCUT2D eigenvalue weighted by atomic mass is 127. The monoisotopic (exact) mass is 480 g/mol. The number of guanidine groups is 1. The summed E-state index contributed by atoms with van der Waals surface area (Å²) in [6, 6.07) is 0. The fourth-order valence-electron chi connectivity index (χ4n) is 4.43. The van der Waals surface area contributed by atoms with Gasteiger partial charge in [-0.3, -0.25) is 9.79 Å². The molecule has 0 aromatic heterocycles. The normalized spacial score (nSPS) is 27.8. The third-order valence-corrected chi connectivity index (χ3v) is 6.13. The van der Waals surface area contributed by atoms with Crippen molar-refractivity contribution in [3.63, 3.8) is 0 Å². The summed E-state index contributed by atoms with van der Waals surface area (Å²) in [7, 11) is 7.72. The SMILES string of the molecule is CN=C(NCC1(N(C)C)CCCC(C)C1)N1CCC(C(=O)OC)CC1.I. The number of aliphatic imine (C=N–C) groups is 1. The standard InChI is InChI=1S/C19H36N4O2.HI/c1-15-7-6-10-19(13-15,22(3)4)14-21-18(20-2)23-11-8-16(9-12-23)17(24)25-5;/h15-16H,6-14H2,1-5H3,(H,20,21);1H.